The van der Waals surface area contributed by atoms with Gasteiger partial charge in [0.1, 0.15) is 5.57 Å². The van der Waals surface area contributed by atoms with E-state index < -0.39 is 46.4 Å². The third-order valence-corrected chi connectivity index (χ3v) is 3.78. The van der Waals surface area contributed by atoms with Crippen LogP contribution in [0, 0.1) is 17.5 Å². The van der Waals surface area contributed by atoms with Crippen LogP contribution in [-0.4, -0.2) is 24.8 Å². The zero-order valence-electron chi connectivity index (χ0n) is 13.3. The molecular formula is C18H10F3NO4. The molecule has 0 saturated heterocycles. The van der Waals surface area contributed by atoms with Crippen LogP contribution in [-0.2, 0) is 19.1 Å². The molecule has 3 rings (SSSR count). The first-order chi connectivity index (χ1) is 12.4. The summed E-state index contributed by atoms with van der Waals surface area (Å²) in [5, 5.41) is 0. The minimum Gasteiger partial charge on any atom is -0.465 e. The predicted octanol–water partition coefficient (Wildman–Crippen LogP) is 2.60. The van der Waals surface area contributed by atoms with E-state index in [2.05, 4.69) is 4.74 Å². The molecule has 0 fully saturated rings. The Morgan fingerprint density at radius 1 is 0.962 bits per heavy atom. The number of esters is 1. The second kappa shape index (κ2) is 6.47. The first-order valence-electron chi connectivity index (χ1n) is 7.28. The Morgan fingerprint density at radius 3 is 2.23 bits per heavy atom. The van der Waals surface area contributed by atoms with E-state index in [1.54, 1.807) is 18.2 Å². The molecule has 1 heterocycles. The number of anilines is 1. The van der Waals surface area contributed by atoms with Gasteiger partial charge in [0.25, 0.3) is 5.78 Å². The van der Waals surface area contributed by atoms with Crippen molar-refractivity contribution in [3.8, 4) is 0 Å². The summed E-state index contributed by atoms with van der Waals surface area (Å²) < 4.78 is 45.7. The van der Waals surface area contributed by atoms with Gasteiger partial charge in [0.05, 0.1) is 18.5 Å². The van der Waals surface area contributed by atoms with Crippen molar-refractivity contribution in [2.45, 2.75) is 0 Å². The Balaban J connectivity index is 2.32. The van der Waals surface area contributed by atoms with E-state index >= 15 is 0 Å². The highest BCUT2D eigenvalue weighted by Gasteiger charge is 2.45. The van der Waals surface area contributed by atoms with E-state index in [0.29, 0.717) is 11.0 Å². The van der Waals surface area contributed by atoms with E-state index in [1.807, 2.05) is 0 Å². The smallest absolute Gasteiger partial charge is 0.344 e. The minimum absolute atomic E-state index is 0.219. The molecule has 0 aliphatic carbocycles. The number of ketones is 1. The topological polar surface area (TPSA) is 63.7 Å². The van der Waals surface area contributed by atoms with Crippen LogP contribution in [0.2, 0.25) is 0 Å². The van der Waals surface area contributed by atoms with Crippen molar-refractivity contribution in [2.75, 3.05) is 12.0 Å². The largest absolute Gasteiger partial charge is 0.465 e. The summed E-state index contributed by atoms with van der Waals surface area (Å²) in [5.74, 6) is -8.54. The van der Waals surface area contributed by atoms with Crippen molar-refractivity contribution >= 4 is 29.0 Å². The number of amides is 1. The van der Waals surface area contributed by atoms with E-state index in [0.717, 1.165) is 13.2 Å². The summed E-state index contributed by atoms with van der Waals surface area (Å²) in [6.07, 6.45) is 0. The van der Waals surface area contributed by atoms with E-state index in [-0.39, 0.29) is 11.3 Å². The van der Waals surface area contributed by atoms with E-state index in [9.17, 15) is 27.6 Å². The molecule has 5 nitrogen and oxygen atoms in total. The normalized spacial score (nSPS) is 14.2. The third kappa shape index (κ3) is 2.55. The van der Waals surface area contributed by atoms with Crippen molar-refractivity contribution in [1.82, 2.24) is 0 Å². The molecule has 0 N–H and O–H groups in total. The molecule has 26 heavy (non-hydrogen) atoms. The Bertz CT molecular complexity index is 970. The van der Waals surface area contributed by atoms with Crippen LogP contribution in [0.15, 0.2) is 48.0 Å². The molecule has 0 unspecified atom stereocenters. The van der Waals surface area contributed by atoms with Gasteiger partial charge in [-0.25, -0.2) is 18.0 Å². The zero-order valence-corrected chi connectivity index (χ0v) is 13.3. The van der Waals surface area contributed by atoms with Crippen molar-refractivity contribution in [3.05, 3.63) is 71.1 Å². The number of carbonyl (C=O) groups is 3. The molecule has 1 aliphatic rings. The molecule has 2 aromatic rings. The van der Waals surface area contributed by atoms with Crippen LogP contribution in [0.1, 0.15) is 5.56 Å². The quantitative estimate of drug-likeness (QED) is 0.365. The number of Topliss-reactive ketones (excluding diaryl/α,β-unsaturated/α-hetero) is 1. The number of rotatable bonds is 3. The molecule has 0 atom stereocenters. The standard InChI is InChI=1S/C18H10F3NO4/c1-26-18(25)12-15(9-5-3-2-4-6-9)22(17(24)16(12)23)11-8-7-10(19)13(20)14(11)21/h2-8H,1H3. The van der Waals surface area contributed by atoms with Crippen molar-refractivity contribution < 1.29 is 32.3 Å². The number of carbonyl (C=O) groups excluding carboxylic acids is 3. The predicted molar refractivity (Wildman–Crippen MR) is 84.2 cm³/mol. The lowest BCUT2D eigenvalue weighted by Crippen LogP contribution is -2.29. The fraction of sp³-hybridized carbons (Fsp3) is 0.0556. The van der Waals surface area contributed by atoms with Gasteiger partial charge in [-0.05, 0) is 17.7 Å². The molecule has 0 spiro atoms. The first kappa shape index (κ1) is 17.4. The van der Waals surface area contributed by atoms with Gasteiger partial charge in [0.15, 0.2) is 17.5 Å². The lowest BCUT2D eigenvalue weighted by molar-refractivity contribution is -0.140. The maximum atomic E-state index is 14.3. The fourth-order valence-electron chi connectivity index (χ4n) is 2.61. The maximum absolute atomic E-state index is 14.3. The lowest BCUT2D eigenvalue weighted by Gasteiger charge is -2.21. The van der Waals surface area contributed by atoms with Gasteiger partial charge in [-0.3, -0.25) is 14.5 Å². The number of methoxy groups -OCH3 is 1. The second-order valence-corrected chi connectivity index (χ2v) is 5.25. The van der Waals surface area contributed by atoms with Gasteiger partial charge in [0.2, 0.25) is 0 Å². The Labute approximate surface area is 145 Å². The second-order valence-electron chi connectivity index (χ2n) is 5.25. The molecule has 1 amide bonds. The zero-order chi connectivity index (χ0) is 19.0. The molecule has 2 aromatic carbocycles. The number of hydrogen-bond donors (Lipinski definition) is 0. The highest BCUT2D eigenvalue weighted by atomic mass is 19.2. The Hall–Kier alpha value is -3.42. The summed E-state index contributed by atoms with van der Waals surface area (Å²) in [4.78, 5) is 37.3. The first-order valence-corrected chi connectivity index (χ1v) is 7.28. The van der Waals surface area contributed by atoms with Crippen molar-refractivity contribution in [1.29, 1.82) is 0 Å². The van der Waals surface area contributed by atoms with Gasteiger partial charge in [-0.1, -0.05) is 30.3 Å². The van der Waals surface area contributed by atoms with E-state index in [1.165, 1.54) is 12.1 Å². The summed E-state index contributed by atoms with van der Waals surface area (Å²) in [6, 6.07) is 9.12. The van der Waals surface area contributed by atoms with Crippen LogP contribution in [0.25, 0.3) is 5.70 Å². The average Bonchev–Trinajstić information content (AvgIpc) is 2.91. The molecule has 0 saturated carbocycles. The molecular weight excluding hydrogens is 351 g/mol. The molecule has 0 aromatic heterocycles. The van der Waals surface area contributed by atoms with Crippen LogP contribution in [0.5, 0.6) is 0 Å². The van der Waals surface area contributed by atoms with Crippen LogP contribution in [0.3, 0.4) is 0 Å². The number of hydrogen-bond acceptors (Lipinski definition) is 4. The van der Waals surface area contributed by atoms with Gasteiger partial charge in [-0.2, -0.15) is 0 Å². The highest BCUT2D eigenvalue weighted by Crippen LogP contribution is 2.37. The number of halogens is 3. The minimum atomic E-state index is -1.80. The monoisotopic (exact) mass is 361 g/mol. The Kier molecular flexibility index (Phi) is 4.33. The average molecular weight is 361 g/mol. The number of benzene rings is 2. The number of ether oxygens (including phenoxy) is 1. The van der Waals surface area contributed by atoms with E-state index in [4.69, 9.17) is 0 Å². The molecule has 1 aliphatic heterocycles. The molecule has 0 radical (unpaired) electrons. The summed E-state index contributed by atoms with van der Waals surface area (Å²) >= 11 is 0. The van der Waals surface area contributed by atoms with Crippen molar-refractivity contribution in [3.63, 3.8) is 0 Å². The SMILES string of the molecule is COC(=O)C1=C(c2ccccc2)N(c2ccc(F)c(F)c2F)C(=O)C1=O. The van der Waals surface area contributed by atoms with Crippen LogP contribution in [0.4, 0.5) is 18.9 Å². The lowest BCUT2D eigenvalue weighted by atomic mass is 10.1. The number of nitrogens with zero attached hydrogens (tertiary/aromatic N) is 1. The van der Waals surface area contributed by atoms with Crippen LogP contribution >= 0.6 is 0 Å². The summed E-state index contributed by atoms with van der Waals surface area (Å²) in [7, 11) is 1.01. The molecule has 8 heteroatoms. The molecule has 132 valence electrons. The fourth-order valence-corrected chi connectivity index (χ4v) is 2.61. The summed E-state index contributed by atoms with van der Waals surface area (Å²) in [6.45, 7) is 0. The van der Waals surface area contributed by atoms with Gasteiger partial charge >= 0.3 is 11.9 Å². The summed E-state index contributed by atoms with van der Waals surface area (Å²) in [5.41, 5.74) is -1.36. The highest BCUT2D eigenvalue weighted by molar-refractivity contribution is 6.59. The van der Waals surface area contributed by atoms with Gasteiger partial charge in [-0.15, -0.1) is 0 Å². The van der Waals surface area contributed by atoms with Gasteiger partial charge < -0.3 is 4.74 Å². The van der Waals surface area contributed by atoms with Gasteiger partial charge in [0, 0.05) is 0 Å². The third-order valence-electron chi connectivity index (χ3n) is 3.78. The van der Waals surface area contributed by atoms with Crippen LogP contribution < -0.4 is 4.90 Å². The Morgan fingerprint density at radius 2 is 1.62 bits per heavy atom. The van der Waals surface area contributed by atoms with Crippen molar-refractivity contribution in [2.24, 2.45) is 0 Å². The maximum Gasteiger partial charge on any atom is 0.344 e. The molecule has 0 bridgehead atoms.